The fourth-order valence-corrected chi connectivity index (χ4v) is 2.50. The topological polar surface area (TPSA) is 62.4 Å². The SMILES string of the molecule is NNC(=NC1CC1)NC1CCSC1. The number of nitrogens with one attached hydrogen (secondary N) is 2. The number of guanidine groups is 1. The Morgan fingerprint density at radius 3 is 2.77 bits per heavy atom. The fraction of sp³-hybridized carbons (Fsp3) is 0.875. The van der Waals surface area contributed by atoms with Crippen molar-refractivity contribution in [3.05, 3.63) is 0 Å². The molecule has 2 fully saturated rings. The molecule has 0 spiro atoms. The molecule has 4 N–H and O–H groups in total. The van der Waals surface area contributed by atoms with Gasteiger partial charge in [0, 0.05) is 11.8 Å². The van der Waals surface area contributed by atoms with Crippen molar-refractivity contribution in [2.24, 2.45) is 10.8 Å². The molecular formula is C8H16N4S. The first kappa shape index (κ1) is 9.15. The lowest BCUT2D eigenvalue weighted by atomic mass is 10.3. The minimum atomic E-state index is 0.521. The van der Waals surface area contributed by atoms with Gasteiger partial charge in [0.2, 0.25) is 5.96 Å². The molecule has 0 amide bonds. The van der Waals surface area contributed by atoms with Gasteiger partial charge in [0.15, 0.2) is 0 Å². The Kier molecular flexibility index (Phi) is 2.95. The van der Waals surface area contributed by atoms with Crippen LogP contribution in [0.15, 0.2) is 4.99 Å². The van der Waals surface area contributed by atoms with Crippen LogP contribution in [0.3, 0.4) is 0 Å². The summed E-state index contributed by atoms with van der Waals surface area (Å²) in [4.78, 5) is 4.43. The summed E-state index contributed by atoms with van der Waals surface area (Å²) in [7, 11) is 0. The highest BCUT2D eigenvalue weighted by Gasteiger charge is 2.22. The average molecular weight is 200 g/mol. The van der Waals surface area contributed by atoms with Gasteiger partial charge < -0.3 is 5.32 Å². The number of hydrazine groups is 1. The van der Waals surface area contributed by atoms with Crippen LogP contribution >= 0.6 is 11.8 Å². The molecule has 0 radical (unpaired) electrons. The molecule has 1 atom stereocenters. The number of nitrogens with two attached hydrogens (primary N) is 1. The Morgan fingerprint density at radius 2 is 2.23 bits per heavy atom. The van der Waals surface area contributed by atoms with Crippen molar-refractivity contribution in [1.82, 2.24) is 10.7 Å². The highest BCUT2D eigenvalue weighted by atomic mass is 32.2. The third kappa shape index (κ3) is 2.77. The van der Waals surface area contributed by atoms with E-state index in [1.165, 1.54) is 30.8 Å². The van der Waals surface area contributed by atoms with E-state index in [1.807, 2.05) is 11.8 Å². The van der Waals surface area contributed by atoms with Gasteiger partial charge in [-0.2, -0.15) is 11.8 Å². The van der Waals surface area contributed by atoms with E-state index in [-0.39, 0.29) is 0 Å². The molecular weight excluding hydrogens is 184 g/mol. The quantitative estimate of drug-likeness (QED) is 0.255. The fourth-order valence-electron chi connectivity index (χ4n) is 1.34. The van der Waals surface area contributed by atoms with Crippen LogP contribution in [-0.2, 0) is 0 Å². The van der Waals surface area contributed by atoms with Gasteiger partial charge >= 0.3 is 0 Å². The van der Waals surface area contributed by atoms with E-state index in [0.29, 0.717) is 12.1 Å². The van der Waals surface area contributed by atoms with E-state index < -0.39 is 0 Å². The second-order valence-electron chi connectivity index (χ2n) is 3.56. The molecule has 74 valence electrons. The van der Waals surface area contributed by atoms with Crippen LogP contribution in [0.25, 0.3) is 0 Å². The zero-order valence-corrected chi connectivity index (χ0v) is 8.44. The first-order valence-corrected chi connectivity index (χ1v) is 5.92. The van der Waals surface area contributed by atoms with Crippen molar-refractivity contribution in [2.75, 3.05) is 11.5 Å². The molecule has 0 aromatic heterocycles. The van der Waals surface area contributed by atoms with E-state index in [9.17, 15) is 0 Å². The molecule has 1 aliphatic heterocycles. The maximum atomic E-state index is 5.38. The maximum Gasteiger partial charge on any atom is 0.206 e. The zero-order valence-electron chi connectivity index (χ0n) is 7.62. The third-order valence-electron chi connectivity index (χ3n) is 2.27. The van der Waals surface area contributed by atoms with Crippen LogP contribution in [0.1, 0.15) is 19.3 Å². The molecule has 0 bridgehead atoms. The lowest BCUT2D eigenvalue weighted by molar-refractivity contribution is 0.657. The monoisotopic (exact) mass is 200 g/mol. The van der Waals surface area contributed by atoms with Crippen LogP contribution in [0.2, 0.25) is 0 Å². The molecule has 2 aliphatic rings. The predicted molar refractivity (Wildman–Crippen MR) is 56.6 cm³/mol. The summed E-state index contributed by atoms with van der Waals surface area (Å²) in [5.41, 5.74) is 2.63. The average Bonchev–Trinajstić information content (AvgIpc) is 2.80. The number of nitrogens with zero attached hydrogens (tertiary/aromatic N) is 1. The largest absolute Gasteiger partial charge is 0.352 e. The Hall–Kier alpha value is -0.420. The standard InChI is InChI=1S/C8H16N4S/c9-12-8(10-6-1-2-6)11-7-3-4-13-5-7/h6-7H,1-5,9H2,(H2,10,11,12). The Labute approximate surface area is 82.7 Å². The summed E-state index contributed by atoms with van der Waals surface area (Å²) in [5.74, 6) is 8.57. The van der Waals surface area contributed by atoms with E-state index in [0.717, 1.165) is 5.96 Å². The Morgan fingerprint density at radius 1 is 1.38 bits per heavy atom. The third-order valence-corrected chi connectivity index (χ3v) is 3.43. The summed E-state index contributed by atoms with van der Waals surface area (Å²) in [5, 5.41) is 3.33. The number of hydrogen-bond acceptors (Lipinski definition) is 3. The molecule has 4 nitrogen and oxygen atoms in total. The van der Waals surface area contributed by atoms with Gasteiger partial charge in [0.25, 0.3) is 0 Å². The molecule has 1 heterocycles. The van der Waals surface area contributed by atoms with Crippen molar-refractivity contribution in [3.63, 3.8) is 0 Å². The van der Waals surface area contributed by atoms with Gasteiger partial charge in [-0.1, -0.05) is 0 Å². The van der Waals surface area contributed by atoms with E-state index in [1.54, 1.807) is 0 Å². The van der Waals surface area contributed by atoms with Crippen molar-refractivity contribution in [1.29, 1.82) is 0 Å². The summed E-state index contributed by atoms with van der Waals surface area (Å²) in [6.45, 7) is 0. The molecule has 2 rings (SSSR count). The van der Waals surface area contributed by atoms with Gasteiger partial charge in [0.05, 0.1) is 6.04 Å². The molecule has 1 unspecified atom stereocenters. The van der Waals surface area contributed by atoms with Crippen molar-refractivity contribution < 1.29 is 0 Å². The van der Waals surface area contributed by atoms with Crippen LogP contribution in [-0.4, -0.2) is 29.5 Å². The molecule has 1 aliphatic carbocycles. The van der Waals surface area contributed by atoms with Gasteiger partial charge in [0.1, 0.15) is 0 Å². The Balaban J connectivity index is 1.81. The number of hydrogen-bond donors (Lipinski definition) is 3. The van der Waals surface area contributed by atoms with Gasteiger partial charge in [-0.25, -0.2) is 10.8 Å². The summed E-state index contributed by atoms with van der Waals surface area (Å²) in [6, 6.07) is 1.08. The normalized spacial score (nSPS) is 29.0. The number of rotatable bonds is 2. The lowest BCUT2D eigenvalue weighted by Crippen LogP contribution is -2.46. The number of aliphatic imine (C=N–C) groups is 1. The van der Waals surface area contributed by atoms with E-state index >= 15 is 0 Å². The molecule has 1 saturated heterocycles. The van der Waals surface area contributed by atoms with Crippen molar-refractivity contribution in [3.8, 4) is 0 Å². The second kappa shape index (κ2) is 4.19. The van der Waals surface area contributed by atoms with Crippen LogP contribution < -0.4 is 16.6 Å². The van der Waals surface area contributed by atoms with Crippen LogP contribution in [0.5, 0.6) is 0 Å². The lowest BCUT2D eigenvalue weighted by Gasteiger charge is -2.14. The van der Waals surface area contributed by atoms with Crippen LogP contribution in [0, 0.1) is 0 Å². The number of thioether (sulfide) groups is 1. The predicted octanol–water partition coefficient (Wildman–Crippen LogP) is 0.0632. The second-order valence-corrected chi connectivity index (χ2v) is 4.71. The summed E-state index contributed by atoms with van der Waals surface area (Å²) >= 11 is 1.98. The molecule has 13 heavy (non-hydrogen) atoms. The maximum absolute atomic E-state index is 5.38. The van der Waals surface area contributed by atoms with E-state index in [4.69, 9.17) is 5.84 Å². The molecule has 0 aromatic rings. The molecule has 5 heteroatoms. The van der Waals surface area contributed by atoms with E-state index in [2.05, 4.69) is 15.7 Å². The highest BCUT2D eigenvalue weighted by Crippen LogP contribution is 2.23. The minimum absolute atomic E-state index is 0.521. The van der Waals surface area contributed by atoms with Crippen LogP contribution in [0.4, 0.5) is 0 Å². The summed E-state index contributed by atoms with van der Waals surface area (Å²) in [6.07, 6.45) is 3.65. The first-order valence-electron chi connectivity index (χ1n) is 4.77. The minimum Gasteiger partial charge on any atom is -0.352 e. The summed E-state index contributed by atoms with van der Waals surface area (Å²) < 4.78 is 0. The van der Waals surface area contributed by atoms with Crippen molar-refractivity contribution >= 4 is 17.7 Å². The van der Waals surface area contributed by atoms with Gasteiger partial charge in [-0.15, -0.1) is 0 Å². The molecule has 1 saturated carbocycles. The van der Waals surface area contributed by atoms with Gasteiger partial charge in [-0.05, 0) is 25.0 Å². The smallest absolute Gasteiger partial charge is 0.206 e. The first-order chi connectivity index (χ1) is 6.38. The Bertz CT molecular complexity index is 196. The van der Waals surface area contributed by atoms with Crippen molar-refractivity contribution in [2.45, 2.75) is 31.3 Å². The van der Waals surface area contributed by atoms with Gasteiger partial charge in [-0.3, -0.25) is 5.43 Å². The highest BCUT2D eigenvalue weighted by molar-refractivity contribution is 7.99. The zero-order chi connectivity index (χ0) is 9.10. The molecule has 0 aromatic carbocycles.